The Kier molecular flexibility index (Phi) is 7.16. The van der Waals surface area contributed by atoms with Crippen molar-refractivity contribution in [3.05, 3.63) is 51.7 Å². The van der Waals surface area contributed by atoms with Crippen molar-refractivity contribution in [2.24, 2.45) is 0 Å². The molecule has 2 N–H and O–H groups in total. The van der Waals surface area contributed by atoms with Gasteiger partial charge in [-0.25, -0.2) is 13.1 Å². The fourth-order valence-electron chi connectivity index (χ4n) is 2.32. The van der Waals surface area contributed by atoms with Crippen molar-refractivity contribution in [2.75, 3.05) is 18.1 Å². The second kappa shape index (κ2) is 9.12. The zero-order valence-electron chi connectivity index (χ0n) is 14.5. The molecule has 7 heteroatoms. The molecule has 25 heavy (non-hydrogen) atoms. The van der Waals surface area contributed by atoms with Gasteiger partial charge in [-0.15, -0.1) is 11.3 Å². The maximum Gasteiger partial charge on any atom is 0.265 e. The zero-order valence-corrected chi connectivity index (χ0v) is 16.2. The number of sulfonamides is 1. The molecule has 0 spiro atoms. The summed E-state index contributed by atoms with van der Waals surface area (Å²) in [6, 6.07) is 11.6. The first-order valence-electron chi connectivity index (χ1n) is 8.31. The summed E-state index contributed by atoms with van der Waals surface area (Å²) >= 11 is 1.38. The van der Waals surface area contributed by atoms with Crippen molar-refractivity contribution in [1.82, 2.24) is 4.72 Å². The van der Waals surface area contributed by atoms with E-state index in [9.17, 15) is 13.2 Å². The normalized spacial score (nSPS) is 11.4. The van der Waals surface area contributed by atoms with Crippen molar-refractivity contribution in [2.45, 2.75) is 32.6 Å². The van der Waals surface area contributed by atoms with Gasteiger partial charge in [0.2, 0.25) is 10.0 Å². The van der Waals surface area contributed by atoms with E-state index >= 15 is 0 Å². The van der Waals surface area contributed by atoms with Crippen LogP contribution in [0.1, 0.15) is 39.9 Å². The largest absolute Gasteiger partial charge is 0.321 e. The molecule has 2 rings (SSSR count). The molecule has 0 bridgehead atoms. The lowest BCUT2D eigenvalue weighted by molar-refractivity contribution is 0.103. The molecule has 0 aliphatic carbocycles. The average molecular weight is 381 g/mol. The van der Waals surface area contributed by atoms with E-state index in [4.69, 9.17) is 0 Å². The van der Waals surface area contributed by atoms with Crippen LogP contribution in [-0.2, 0) is 22.9 Å². The lowest BCUT2D eigenvalue weighted by Crippen LogP contribution is -2.24. The fourth-order valence-corrected chi connectivity index (χ4v) is 3.70. The average Bonchev–Trinajstić information content (AvgIpc) is 3.02. The van der Waals surface area contributed by atoms with Crippen molar-refractivity contribution >= 4 is 33.0 Å². The Hall–Kier alpha value is -1.70. The summed E-state index contributed by atoms with van der Waals surface area (Å²) < 4.78 is 24.5. The third-order valence-corrected chi connectivity index (χ3v) is 5.52. The number of anilines is 1. The number of benzene rings is 1. The van der Waals surface area contributed by atoms with Crippen LogP contribution < -0.4 is 10.0 Å². The predicted molar refractivity (Wildman–Crippen MR) is 104 cm³/mol. The number of unbranched alkanes of at least 4 members (excludes halogenated alkanes) is 1. The highest BCUT2D eigenvalue weighted by atomic mass is 32.2. The Balaban J connectivity index is 1.88. The van der Waals surface area contributed by atoms with Gasteiger partial charge in [0.15, 0.2) is 0 Å². The quantitative estimate of drug-likeness (QED) is 0.700. The SMILES string of the molecule is CCCCc1ccc(NC(=O)c2ccc(CCNS(C)(=O)=O)s2)cc1. The van der Waals surface area contributed by atoms with Gasteiger partial charge in [-0.1, -0.05) is 25.5 Å². The first-order chi connectivity index (χ1) is 11.9. The molecule has 136 valence electrons. The molecule has 2 aromatic rings. The molecule has 1 aromatic carbocycles. The van der Waals surface area contributed by atoms with Gasteiger partial charge >= 0.3 is 0 Å². The molecule has 0 unspecified atom stereocenters. The molecule has 0 atom stereocenters. The smallest absolute Gasteiger partial charge is 0.265 e. The highest BCUT2D eigenvalue weighted by molar-refractivity contribution is 7.88. The number of nitrogens with one attached hydrogen (secondary N) is 2. The van der Waals surface area contributed by atoms with Crippen LogP contribution in [0.3, 0.4) is 0 Å². The van der Waals surface area contributed by atoms with Crippen LogP contribution in [0.15, 0.2) is 36.4 Å². The van der Waals surface area contributed by atoms with Gasteiger partial charge in [0, 0.05) is 17.1 Å². The summed E-state index contributed by atoms with van der Waals surface area (Å²) in [6.07, 6.45) is 5.09. The first kappa shape index (κ1) is 19.6. The second-order valence-electron chi connectivity index (χ2n) is 5.94. The number of hydrogen-bond donors (Lipinski definition) is 2. The lowest BCUT2D eigenvalue weighted by atomic mass is 10.1. The topological polar surface area (TPSA) is 75.3 Å². The molecule has 0 fully saturated rings. The standard InChI is InChI=1S/C18H24N2O3S2/c1-3-4-5-14-6-8-15(9-7-14)20-18(21)17-11-10-16(24-17)12-13-19-25(2,22)23/h6-11,19H,3-5,12-13H2,1-2H3,(H,20,21). The monoisotopic (exact) mass is 380 g/mol. The van der Waals surface area contributed by atoms with Gasteiger partial charge in [-0.2, -0.15) is 0 Å². The molecule has 0 radical (unpaired) electrons. The van der Waals surface area contributed by atoms with Gasteiger partial charge in [0.25, 0.3) is 5.91 Å². The maximum atomic E-state index is 12.3. The Morgan fingerprint density at radius 1 is 1.08 bits per heavy atom. The molecule has 1 heterocycles. The van der Waals surface area contributed by atoms with Crippen LogP contribution in [0.2, 0.25) is 0 Å². The highest BCUT2D eigenvalue weighted by Gasteiger charge is 2.10. The number of thiophene rings is 1. The molecule has 0 aliphatic rings. The van der Waals surface area contributed by atoms with Crippen LogP contribution >= 0.6 is 11.3 Å². The summed E-state index contributed by atoms with van der Waals surface area (Å²) in [5.41, 5.74) is 2.05. The summed E-state index contributed by atoms with van der Waals surface area (Å²) in [4.78, 5) is 13.9. The van der Waals surface area contributed by atoms with E-state index < -0.39 is 10.0 Å². The van der Waals surface area contributed by atoms with E-state index in [1.54, 1.807) is 6.07 Å². The Bertz CT molecular complexity index is 796. The molecule has 0 aliphatic heterocycles. The Labute approximate surface area is 153 Å². The molecule has 1 amide bonds. The number of rotatable bonds is 9. The van der Waals surface area contributed by atoms with Crippen molar-refractivity contribution in [3.8, 4) is 0 Å². The molecule has 5 nitrogen and oxygen atoms in total. The summed E-state index contributed by atoms with van der Waals surface area (Å²) in [5.74, 6) is -0.145. The van der Waals surface area contributed by atoms with Gasteiger partial charge in [0.05, 0.1) is 11.1 Å². The van der Waals surface area contributed by atoms with Crippen molar-refractivity contribution in [1.29, 1.82) is 0 Å². The van der Waals surface area contributed by atoms with Crippen LogP contribution in [0.4, 0.5) is 5.69 Å². The van der Waals surface area contributed by atoms with E-state index in [2.05, 4.69) is 17.0 Å². The fraction of sp³-hybridized carbons (Fsp3) is 0.389. The first-order valence-corrected chi connectivity index (χ1v) is 11.0. The zero-order chi connectivity index (χ0) is 18.3. The summed E-state index contributed by atoms with van der Waals surface area (Å²) in [7, 11) is -3.18. The van der Waals surface area contributed by atoms with E-state index in [1.165, 1.54) is 23.3 Å². The van der Waals surface area contributed by atoms with Gasteiger partial charge in [0.1, 0.15) is 0 Å². The molecular formula is C18H24N2O3S2. The van der Waals surface area contributed by atoms with E-state index in [-0.39, 0.29) is 5.91 Å². The van der Waals surface area contributed by atoms with E-state index in [0.29, 0.717) is 17.8 Å². The molecule has 0 saturated carbocycles. The predicted octanol–water partition coefficient (Wildman–Crippen LogP) is 3.43. The minimum atomic E-state index is -3.18. The number of carbonyl (C=O) groups excluding carboxylic acids is 1. The van der Waals surface area contributed by atoms with Crippen LogP contribution in [0, 0.1) is 0 Å². The van der Waals surface area contributed by atoms with Crippen LogP contribution in [0.5, 0.6) is 0 Å². The van der Waals surface area contributed by atoms with Crippen LogP contribution in [0.25, 0.3) is 0 Å². The third kappa shape index (κ3) is 6.97. The minimum Gasteiger partial charge on any atom is -0.321 e. The van der Waals surface area contributed by atoms with Crippen LogP contribution in [-0.4, -0.2) is 27.1 Å². The molecule has 0 saturated heterocycles. The van der Waals surface area contributed by atoms with Gasteiger partial charge in [-0.05, 0) is 49.1 Å². The Morgan fingerprint density at radius 2 is 1.80 bits per heavy atom. The van der Waals surface area contributed by atoms with Crippen molar-refractivity contribution < 1.29 is 13.2 Å². The Morgan fingerprint density at radius 3 is 2.44 bits per heavy atom. The second-order valence-corrected chi connectivity index (χ2v) is 8.94. The van der Waals surface area contributed by atoms with Crippen molar-refractivity contribution in [3.63, 3.8) is 0 Å². The van der Waals surface area contributed by atoms with E-state index in [0.717, 1.165) is 29.7 Å². The highest BCUT2D eigenvalue weighted by Crippen LogP contribution is 2.19. The van der Waals surface area contributed by atoms with Gasteiger partial charge < -0.3 is 5.32 Å². The number of amides is 1. The van der Waals surface area contributed by atoms with E-state index in [1.807, 2.05) is 30.3 Å². The summed E-state index contributed by atoms with van der Waals surface area (Å²) in [6.45, 7) is 2.50. The molecular weight excluding hydrogens is 356 g/mol. The number of carbonyl (C=O) groups is 1. The minimum absolute atomic E-state index is 0.145. The molecule has 1 aromatic heterocycles. The lowest BCUT2D eigenvalue weighted by Gasteiger charge is -2.05. The maximum absolute atomic E-state index is 12.3. The summed E-state index contributed by atoms with van der Waals surface area (Å²) in [5, 5.41) is 2.90. The number of hydrogen-bond acceptors (Lipinski definition) is 4. The third-order valence-electron chi connectivity index (χ3n) is 3.65. The van der Waals surface area contributed by atoms with Gasteiger partial charge in [-0.3, -0.25) is 4.79 Å². The number of aryl methyl sites for hydroxylation is 1.